The molecule has 0 saturated heterocycles. The Morgan fingerprint density at radius 2 is 2.12 bits per heavy atom. The van der Waals surface area contributed by atoms with Crippen LogP contribution in [0.5, 0.6) is 0 Å². The van der Waals surface area contributed by atoms with E-state index in [1.807, 2.05) is 30.5 Å². The number of nitrogens with zero attached hydrogens (tertiary/aromatic N) is 1. The van der Waals surface area contributed by atoms with E-state index < -0.39 is 0 Å². The largest absolute Gasteiger partial charge is 0.327 e. The molecule has 0 spiro atoms. The van der Waals surface area contributed by atoms with Crippen molar-refractivity contribution in [2.45, 2.75) is 13.3 Å². The average molecular weight is 212 g/mol. The van der Waals surface area contributed by atoms with Crippen molar-refractivity contribution in [1.29, 1.82) is 0 Å². The van der Waals surface area contributed by atoms with Gasteiger partial charge in [-0.15, -0.1) is 0 Å². The van der Waals surface area contributed by atoms with Gasteiger partial charge in [0.15, 0.2) is 0 Å². The lowest BCUT2D eigenvalue weighted by atomic mass is 10.1. The highest BCUT2D eigenvalue weighted by molar-refractivity contribution is 5.87. The number of rotatable bonds is 3. The van der Waals surface area contributed by atoms with Gasteiger partial charge in [0.05, 0.1) is 5.52 Å². The zero-order valence-corrected chi connectivity index (χ0v) is 9.48. The fourth-order valence-electron chi connectivity index (χ4n) is 1.77. The second-order valence-corrected chi connectivity index (χ2v) is 3.78. The highest BCUT2D eigenvalue weighted by atomic mass is 14.6. The van der Waals surface area contributed by atoms with Crippen LogP contribution in [0.25, 0.3) is 17.0 Å². The molecule has 0 bridgehead atoms. The molecule has 0 unspecified atom stereocenters. The molecule has 0 aliphatic carbocycles. The molecular weight excluding hydrogens is 196 g/mol. The molecular formula is C14H16N2. The fourth-order valence-corrected chi connectivity index (χ4v) is 1.77. The van der Waals surface area contributed by atoms with Crippen LogP contribution in [0, 0.1) is 0 Å². The Kier molecular flexibility index (Phi) is 3.32. The molecule has 1 aromatic heterocycles. The Balaban J connectivity index is 2.56. The first kappa shape index (κ1) is 10.8. The smallest absolute Gasteiger partial charge is 0.0707 e. The van der Waals surface area contributed by atoms with E-state index in [1.165, 1.54) is 16.5 Å². The van der Waals surface area contributed by atoms with E-state index in [9.17, 15) is 0 Å². The predicted octanol–water partition coefficient (Wildman–Crippen LogP) is 2.99. The molecule has 2 aromatic rings. The van der Waals surface area contributed by atoms with E-state index in [2.05, 4.69) is 24.1 Å². The topological polar surface area (TPSA) is 38.9 Å². The van der Waals surface area contributed by atoms with E-state index in [-0.39, 0.29) is 0 Å². The van der Waals surface area contributed by atoms with Gasteiger partial charge in [-0.25, -0.2) is 0 Å². The van der Waals surface area contributed by atoms with Crippen LogP contribution in [0.2, 0.25) is 0 Å². The van der Waals surface area contributed by atoms with Crippen LogP contribution in [-0.4, -0.2) is 11.5 Å². The van der Waals surface area contributed by atoms with E-state index in [4.69, 9.17) is 5.73 Å². The lowest BCUT2D eigenvalue weighted by molar-refractivity contribution is 1.02. The number of hydrogen-bond donors (Lipinski definition) is 1. The maximum absolute atomic E-state index is 5.69. The SMILES string of the molecule is CCC(=Cc1ccnc2ccccc12)CN. The van der Waals surface area contributed by atoms with Crippen LogP contribution < -0.4 is 5.73 Å². The van der Waals surface area contributed by atoms with Crippen LogP contribution in [0.1, 0.15) is 18.9 Å². The second-order valence-electron chi connectivity index (χ2n) is 3.78. The minimum Gasteiger partial charge on any atom is -0.327 e. The summed E-state index contributed by atoms with van der Waals surface area (Å²) in [5.74, 6) is 0. The lowest BCUT2D eigenvalue weighted by Crippen LogP contribution is -2.01. The van der Waals surface area contributed by atoms with Crippen molar-refractivity contribution in [3.05, 3.63) is 47.7 Å². The summed E-state index contributed by atoms with van der Waals surface area (Å²) in [6.45, 7) is 2.75. The number of nitrogens with two attached hydrogens (primary N) is 1. The molecule has 16 heavy (non-hydrogen) atoms. The lowest BCUT2D eigenvalue weighted by Gasteiger charge is -2.04. The van der Waals surface area contributed by atoms with Gasteiger partial charge in [0, 0.05) is 18.1 Å². The van der Waals surface area contributed by atoms with Crippen LogP contribution >= 0.6 is 0 Å². The molecule has 0 atom stereocenters. The van der Waals surface area contributed by atoms with Crippen molar-refractivity contribution < 1.29 is 0 Å². The van der Waals surface area contributed by atoms with Crippen molar-refractivity contribution in [2.75, 3.05) is 6.54 Å². The minimum absolute atomic E-state index is 0.618. The average Bonchev–Trinajstić information content (AvgIpc) is 2.36. The third kappa shape index (κ3) is 2.12. The summed E-state index contributed by atoms with van der Waals surface area (Å²) in [6.07, 6.45) is 5.01. The minimum atomic E-state index is 0.618. The summed E-state index contributed by atoms with van der Waals surface area (Å²) in [7, 11) is 0. The number of hydrogen-bond acceptors (Lipinski definition) is 2. The molecule has 2 rings (SSSR count). The van der Waals surface area contributed by atoms with Crippen LogP contribution in [0.15, 0.2) is 42.1 Å². The van der Waals surface area contributed by atoms with Crippen molar-refractivity contribution >= 4 is 17.0 Å². The Labute approximate surface area is 95.8 Å². The molecule has 0 radical (unpaired) electrons. The monoisotopic (exact) mass is 212 g/mol. The van der Waals surface area contributed by atoms with Gasteiger partial charge in [-0.1, -0.05) is 36.8 Å². The molecule has 0 amide bonds. The zero-order valence-electron chi connectivity index (χ0n) is 9.48. The van der Waals surface area contributed by atoms with E-state index in [0.29, 0.717) is 6.54 Å². The molecule has 0 aliphatic heterocycles. The number of aromatic nitrogens is 1. The first-order chi connectivity index (χ1) is 7.85. The summed E-state index contributed by atoms with van der Waals surface area (Å²) < 4.78 is 0. The van der Waals surface area contributed by atoms with Crippen molar-refractivity contribution in [3.63, 3.8) is 0 Å². The van der Waals surface area contributed by atoms with E-state index >= 15 is 0 Å². The molecule has 1 heterocycles. The van der Waals surface area contributed by atoms with Gasteiger partial charge >= 0.3 is 0 Å². The maximum Gasteiger partial charge on any atom is 0.0707 e. The number of benzene rings is 1. The first-order valence-corrected chi connectivity index (χ1v) is 5.58. The highest BCUT2D eigenvalue weighted by Gasteiger charge is 1.99. The summed E-state index contributed by atoms with van der Waals surface area (Å²) in [6, 6.07) is 10.2. The standard InChI is InChI=1S/C14H16N2/c1-2-11(10-15)9-12-7-8-16-14-6-4-3-5-13(12)14/h3-9H,2,10,15H2,1H3. The summed E-state index contributed by atoms with van der Waals surface area (Å²) >= 11 is 0. The van der Waals surface area contributed by atoms with Gasteiger partial charge in [-0.05, 0) is 24.1 Å². The zero-order chi connectivity index (χ0) is 11.4. The predicted molar refractivity (Wildman–Crippen MR) is 69.1 cm³/mol. The fraction of sp³-hybridized carbons (Fsp3) is 0.214. The number of para-hydroxylation sites is 1. The molecule has 0 aliphatic rings. The summed E-state index contributed by atoms with van der Waals surface area (Å²) in [5.41, 5.74) is 9.18. The first-order valence-electron chi connectivity index (χ1n) is 5.58. The molecule has 2 heteroatoms. The van der Waals surface area contributed by atoms with Gasteiger partial charge in [0.1, 0.15) is 0 Å². The normalized spacial score (nSPS) is 12.0. The van der Waals surface area contributed by atoms with Gasteiger partial charge in [-0.2, -0.15) is 0 Å². The molecule has 82 valence electrons. The van der Waals surface area contributed by atoms with Crippen LogP contribution in [0.3, 0.4) is 0 Å². The van der Waals surface area contributed by atoms with Gasteiger partial charge in [-0.3, -0.25) is 4.98 Å². The number of pyridine rings is 1. The van der Waals surface area contributed by atoms with Crippen LogP contribution in [0.4, 0.5) is 0 Å². The van der Waals surface area contributed by atoms with Gasteiger partial charge in [0.2, 0.25) is 0 Å². The molecule has 1 aromatic carbocycles. The summed E-state index contributed by atoms with van der Waals surface area (Å²) in [5, 5.41) is 1.18. The van der Waals surface area contributed by atoms with Crippen molar-refractivity contribution in [2.24, 2.45) is 5.73 Å². The molecule has 0 saturated carbocycles. The third-order valence-electron chi connectivity index (χ3n) is 2.76. The van der Waals surface area contributed by atoms with Crippen molar-refractivity contribution in [3.8, 4) is 0 Å². The molecule has 2 N–H and O–H groups in total. The Morgan fingerprint density at radius 1 is 1.31 bits per heavy atom. The third-order valence-corrected chi connectivity index (χ3v) is 2.76. The maximum atomic E-state index is 5.69. The van der Waals surface area contributed by atoms with Gasteiger partial charge < -0.3 is 5.73 Å². The van der Waals surface area contributed by atoms with Gasteiger partial charge in [0.25, 0.3) is 0 Å². The van der Waals surface area contributed by atoms with Crippen LogP contribution in [-0.2, 0) is 0 Å². The quantitative estimate of drug-likeness (QED) is 0.849. The Bertz CT molecular complexity index is 504. The van der Waals surface area contributed by atoms with E-state index in [1.54, 1.807) is 0 Å². The Morgan fingerprint density at radius 3 is 2.88 bits per heavy atom. The number of fused-ring (bicyclic) bond motifs is 1. The highest BCUT2D eigenvalue weighted by Crippen LogP contribution is 2.19. The molecule has 0 fully saturated rings. The van der Waals surface area contributed by atoms with Crippen molar-refractivity contribution in [1.82, 2.24) is 4.98 Å². The second kappa shape index (κ2) is 4.90. The Hall–Kier alpha value is -1.67. The van der Waals surface area contributed by atoms with E-state index in [0.717, 1.165) is 11.9 Å². The molecule has 2 nitrogen and oxygen atoms in total. The summed E-state index contributed by atoms with van der Waals surface area (Å²) in [4.78, 5) is 4.34.